The van der Waals surface area contributed by atoms with E-state index in [0.717, 1.165) is 32.6 Å². The second-order valence-electron chi connectivity index (χ2n) is 6.20. The summed E-state index contributed by atoms with van der Waals surface area (Å²) in [6.07, 6.45) is 8.98. The van der Waals surface area contributed by atoms with Crippen LogP contribution in [0.3, 0.4) is 0 Å². The fourth-order valence-electron chi connectivity index (χ4n) is 3.33. The predicted molar refractivity (Wildman–Crippen MR) is 80.2 cm³/mol. The van der Waals surface area contributed by atoms with Crippen molar-refractivity contribution in [3.8, 4) is 0 Å². The van der Waals surface area contributed by atoms with Crippen LogP contribution < -0.4 is 5.73 Å². The van der Waals surface area contributed by atoms with Crippen molar-refractivity contribution in [2.75, 3.05) is 13.1 Å². The van der Waals surface area contributed by atoms with Gasteiger partial charge in [-0.05, 0) is 19.3 Å². The van der Waals surface area contributed by atoms with Gasteiger partial charge < -0.3 is 10.3 Å². The topological polar surface area (TPSA) is 82.0 Å². The smallest absolute Gasteiger partial charge is 0.251 e. The van der Waals surface area contributed by atoms with Crippen molar-refractivity contribution in [3.63, 3.8) is 0 Å². The maximum Gasteiger partial charge on any atom is 0.251 e. The van der Waals surface area contributed by atoms with Gasteiger partial charge in [-0.15, -0.1) is 0 Å². The molecule has 2 aliphatic heterocycles. The van der Waals surface area contributed by atoms with E-state index in [2.05, 4.69) is 19.5 Å². The molecule has 0 bridgehead atoms. The highest BCUT2D eigenvalue weighted by Crippen LogP contribution is 2.24. The van der Waals surface area contributed by atoms with Crippen LogP contribution >= 0.6 is 0 Å². The minimum atomic E-state index is -0.425. The lowest BCUT2D eigenvalue weighted by Gasteiger charge is -2.39. The van der Waals surface area contributed by atoms with Gasteiger partial charge in [0.05, 0.1) is 24.3 Å². The molecule has 1 saturated heterocycles. The van der Waals surface area contributed by atoms with Crippen LogP contribution in [0.4, 0.5) is 0 Å². The Kier molecular flexibility index (Phi) is 3.22. The number of nitrogens with two attached hydrogens (primary N) is 1. The molecule has 2 N–H and O–H groups in total. The first-order valence-electron chi connectivity index (χ1n) is 7.80. The molecule has 4 rings (SSSR count). The van der Waals surface area contributed by atoms with E-state index in [1.165, 1.54) is 30.6 Å². The summed E-state index contributed by atoms with van der Waals surface area (Å²) < 4.78 is 4.22. The number of carbonyl (C=O) groups is 1. The number of nitrogens with zero attached hydrogens (tertiary/aromatic N) is 5. The van der Waals surface area contributed by atoms with E-state index in [9.17, 15) is 4.79 Å². The zero-order chi connectivity index (χ0) is 15.1. The van der Waals surface area contributed by atoms with Gasteiger partial charge in [0.2, 0.25) is 0 Å². The molecule has 2 aliphatic rings. The molecule has 7 nitrogen and oxygen atoms in total. The minimum Gasteiger partial charge on any atom is -0.366 e. The Balaban J connectivity index is 1.37. The van der Waals surface area contributed by atoms with Crippen LogP contribution in [0, 0.1) is 0 Å². The zero-order valence-electron chi connectivity index (χ0n) is 12.5. The van der Waals surface area contributed by atoms with Gasteiger partial charge in [-0.3, -0.25) is 14.4 Å². The van der Waals surface area contributed by atoms with Crippen molar-refractivity contribution in [2.24, 2.45) is 5.73 Å². The summed E-state index contributed by atoms with van der Waals surface area (Å²) >= 11 is 0. The van der Waals surface area contributed by atoms with Crippen molar-refractivity contribution < 1.29 is 4.79 Å². The maximum absolute atomic E-state index is 11.1. The highest BCUT2D eigenvalue weighted by atomic mass is 16.1. The number of hydrogen-bond acceptors (Lipinski definition) is 4. The van der Waals surface area contributed by atoms with Crippen molar-refractivity contribution in [3.05, 3.63) is 35.7 Å². The van der Waals surface area contributed by atoms with Gasteiger partial charge in [0.15, 0.2) is 0 Å². The van der Waals surface area contributed by atoms with Crippen molar-refractivity contribution in [1.82, 2.24) is 24.2 Å². The summed E-state index contributed by atoms with van der Waals surface area (Å²) in [4.78, 5) is 18.0. The molecular formula is C15H20N6O. The summed E-state index contributed by atoms with van der Waals surface area (Å²) in [6.45, 7) is 3.85. The lowest BCUT2D eigenvalue weighted by Crippen LogP contribution is -2.47. The highest BCUT2D eigenvalue weighted by molar-refractivity contribution is 5.92. The molecule has 0 aromatic carbocycles. The van der Waals surface area contributed by atoms with E-state index in [4.69, 9.17) is 5.73 Å². The first kappa shape index (κ1) is 13.5. The molecule has 0 saturated carbocycles. The molecule has 4 heterocycles. The van der Waals surface area contributed by atoms with Crippen LogP contribution in [-0.4, -0.2) is 43.2 Å². The third-order valence-corrected chi connectivity index (χ3v) is 4.65. The Bertz CT molecular complexity index is 697. The average molecular weight is 300 g/mol. The molecule has 2 aromatic heterocycles. The summed E-state index contributed by atoms with van der Waals surface area (Å²) in [7, 11) is 0. The molecular weight excluding hydrogens is 280 g/mol. The van der Waals surface area contributed by atoms with Gasteiger partial charge >= 0.3 is 0 Å². The number of carbonyl (C=O) groups excluding carboxylic acids is 1. The monoisotopic (exact) mass is 300 g/mol. The first-order chi connectivity index (χ1) is 10.7. The van der Waals surface area contributed by atoms with E-state index in [1.54, 1.807) is 6.20 Å². The largest absolute Gasteiger partial charge is 0.366 e. The van der Waals surface area contributed by atoms with Gasteiger partial charge in [-0.25, -0.2) is 4.98 Å². The van der Waals surface area contributed by atoms with Crippen molar-refractivity contribution in [1.29, 1.82) is 0 Å². The Morgan fingerprint density at radius 3 is 2.95 bits per heavy atom. The number of fused-ring (bicyclic) bond motifs is 1. The van der Waals surface area contributed by atoms with Gasteiger partial charge in [0.1, 0.15) is 5.82 Å². The number of hydrogen-bond donors (Lipinski definition) is 1. The zero-order valence-corrected chi connectivity index (χ0v) is 12.5. The molecule has 0 radical (unpaired) electrons. The van der Waals surface area contributed by atoms with Crippen LogP contribution in [0.2, 0.25) is 0 Å². The summed E-state index contributed by atoms with van der Waals surface area (Å²) in [5.41, 5.74) is 7.10. The quantitative estimate of drug-likeness (QED) is 0.895. The molecule has 22 heavy (non-hydrogen) atoms. The number of aryl methyl sites for hydroxylation is 1. The van der Waals surface area contributed by atoms with E-state index in [0.29, 0.717) is 11.6 Å². The third kappa shape index (κ3) is 2.31. The molecule has 1 fully saturated rings. The standard InChI is InChI=1S/C15H20N6O/c16-15(22)11-5-18-21(7-11)13-8-19(9-13)10-14-17-6-12-3-1-2-4-20(12)14/h5-7,13H,1-4,8-10H2,(H2,16,22). The number of imidazole rings is 1. The predicted octanol–water partition coefficient (Wildman–Crippen LogP) is 0.572. The Morgan fingerprint density at radius 1 is 1.32 bits per heavy atom. The van der Waals surface area contributed by atoms with Crippen LogP contribution in [0.15, 0.2) is 18.6 Å². The van der Waals surface area contributed by atoms with E-state index >= 15 is 0 Å². The molecule has 7 heteroatoms. The van der Waals surface area contributed by atoms with Gasteiger partial charge in [0, 0.05) is 37.7 Å². The molecule has 0 atom stereocenters. The summed E-state index contributed by atoms with van der Waals surface area (Å²) in [6, 6.07) is 0.323. The number of rotatable bonds is 4. The molecule has 0 unspecified atom stereocenters. The van der Waals surface area contributed by atoms with Gasteiger partial charge in [0.25, 0.3) is 5.91 Å². The maximum atomic E-state index is 11.1. The number of amides is 1. The SMILES string of the molecule is NC(=O)c1cnn(C2CN(Cc3ncc4n3CCCC4)C2)c1. The van der Waals surface area contributed by atoms with E-state index in [1.807, 2.05) is 10.9 Å². The third-order valence-electron chi connectivity index (χ3n) is 4.65. The molecule has 116 valence electrons. The molecule has 2 aromatic rings. The van der Waals surface area contributed by atoms with Gasteiger partial charge in [-0.2, -0.15) is 5.10 Å². The second kappa shape index (κ2) is 5.24. The van der Waals surface area contributed by atoms with Crippen LogP contribution in [-0.2, 0) is 19.5 Å². The molecule has 0 aliphatic carbocycles. The molecule has 0 spiro atoms. The highest BCUT2D eigenvalue weighted by Gasteiger charge is 2.30. The Labute approximate surface area is 128 Å². The first-order valence-corrected chi connectivity index (χ1v) is 7.80. The second-order valence-corrected chi connectivity index (χ2v) is 6.20. The average Bonchev–Trinajstić information content (AvgIpc) is 3.10. The van der Waals surface area contributed by atoms with Gasteiger partial charge in [-0.1, -0.05) is 0 Å². The number of aromatic nitrogens is 4. The van der Waals surface area contributed by atoms with E-state index in [-0.39, 0.29) is 0 Å². The molecule has 1 amide bonds. The number of primary amides is 1. The fraction of sp³-hybridized carbons (Fsp3) is 0.533. The minimum absolute atomic E-state index is 0.323. The lowest BCUT2D eigenvalue weighted by molar-refractivity contribution is 0.0864. The van der Waals surface area contributed by atoms with Crippen LogP contribution in [0.1, 0.15) is 40.8 Å². The van der Waals surface area contributed by atoms with Crippen molar-refractivity contribution >= 4 is 5.91 Å². The van der Waals surface area contributed by atoms with E-state index < -0.39 is 5.91 Å². The Morgan fingerprint density at radius 2 is 2.18 bits per heavy atom. The fourth-order valence-corrected chi connectivity index (χ4v) is 3.33. The summed E-state index contributed by atoms with van der Waals surface area (Å²) in [5.74, 6) is 0.748. The number of likely N-dealkylation sites (tertiary alicyclic amines) is 1. The summed E-state index contributed by atoms with van der Waals surface area (Å²) in [5, 5.41) is 4.23. The van der Waals surface area contributed by atoms with Crippen LogP contribution in [0.25, 0.3) is 0 Å². The lowest BCUT2D eigenvalue weighted by atomic mass is 10.1. The normalized spacial score (nSPS) is 18.9. The Hall–Kier alpha value is -2.15. The van der Waals surface area contributed by atoms with Crippen LogP contribution in [0.5, 0.6) is 0 Å². The van der Waals surface area contributed by atoms with Crippen molar-refractivity contribution in [2.45, 2.75) is 38.4 Å².